The Labute approximate surface area is 102 Å². The average molecular weight is 258 g/mol. The molecule has 2 rings (SSSR count). The largest absolute Gasteiger partial charge is 0.481 e. The predicted octanol–water partition coefficient (Wildman–Crippen LogP) is 3.67. The second kappa shape index (κ2) is 4.63. The van der Waals surface area contributed by atoms with E-state index in [1.807, 2.05) is 0 Å². The average Bonchev–Trinajstić information content (AvgIpc) is 2.77. The molecule has 0 aliphatic heterocycles. The number of carboxylic acids is 1. The van der Waals surface area contributed by atoms with Gasteiger partial charge in [0.1, 0.15) is 0 Å². The third kappa shape index (κ3) is 2.49. The van der Waals surface area contributed by atoms with Gasteiger partial charge in [-0.15, -0.1) is 0 Å². The molecule has 0 radical (unpaired) electrons. The van der Waals surface area contributed by atoms with Gasteiger partial charge in [-0.3, -0.25) is 4.79 Å². The van der Waals surface area contributed by atoms with Crippen molar-refractivity contribution in [2.24, 2.45) is 5.92 Å². The Morgan fingerprint density at radius 3 is 2.28 bits per heavy atom. The number of halogens is 3. The molecule has 0 amide bonds. The van der Waals surface area contributed by atoms with Crippen LogP contribution in [0.3, 0.4) is 0 Å². The number of carbonyl (C=O) groups is 1. The van der Waals surface area contributed by atoms with Gasteiger partial charge in [0, 0.05) is 0 Å². The van der Waals surface area contributed by atoms with Gasteiger partial charge in [-0.1, -0.05) is 18.6 Å². The summed E-state index contributed by atoms with van der Waals surface area (Å²) in [5.74, 6) is -1.50. The highest BCUT2D eigenvalue weighted by Gasteiger charge is 2.35. The van der Waals surface area contributed by atoms with Crippen LogP contribution in [-0.2, 0) is 11.0 Å². The molecule has 1 N–H and O–H groups in total. The van der Waals surface area contributed by atoms with E-state index in [1.165, 1.54) is 12.1 Å². The summed E-state index contributed by atoms with van der Waals surface area (Å²) in [5.41, 5.74) is -0.0102. The number of carboxylic acid groups (broad SMARTS) is 1. The Morgan fingerprint density at radius 1 is 1.17 bits per heavy atom. The van der Waals surface area contributed by atoms with E-state index in [0.29, 0.717) is 12.0 Å². The van der Waals surface area contributed by atoms with Crippen LogP contribution in [0.2, 0.25) is 0 Å². The predicted molar refractivity (Wildman–Crippen MR) is 59.2 cm³/mol. The lowest BCUT2D eigenvalue weighted by Crippen LogP contribution is -2.17. The van der Waals surface area contributed by atoms with E-state index in [-0.39, 0.29) is 5.92 Å². The van der Waals surface area contributed by atoms with Crippen molar-refractivity contribution in [2.75, 3.05) is 0 Å². The maximum atomic E-state index is 12.4. The van der Waals surface area contributed by atoms with Crippen LogP contribution in [0.1, 0.15) is 36.3 Å². The molecular weight excluding hydrogens is 245 g/mol. The maximum Gasteiger partial charge on any atom is 0.416 e. The van der Waals surface area contributed by atoms with E-state index in [2.05, 4.69) is 0 Å². The van der Waals surface area contributed by atoms with Crippen LogP contribution in [0.15, 0.2) is 24.3 Å². The van der Waals surface area contributed by atoms with Crippen LogP contribution in [0.5, 0.6) is 0 Å². The highest BCUT2D eigenvalue weighted by molar-refractivity contribution is 5.71. The Hall–Kier alpha value is -1.52. The monoisotopic (exact) mass is 258 g/mol. The van der Waals surface area contributed by atoms with Gasteiger partial charge >= 0.3 is 12.1 Å². The molecule has 5 heteroatoms. The lowest BCUT2D eigenvalue weighted by Gasteiger charge is -2.16. The summed E-state index contributed by atoms with van der Waals surface area (Å²) >= 11 is 0. The highest BCUT2D eigenvalue weighted by Crippen LogP contribution is 2.40. The minimum absolute atomic E-state index is 0.162. The molecule has 0 bridgehead atoms. The van der Waals surface area contributed by atoms with Crippen molar-refractivity contribution in [3.05, 3.63) is 35.4 Å². The van der Waals surface area contributed by atoms with Crippen molar-refractivity contribution < 1.29 is 23.1 Å². The molecule has 1 saturated carbocycles. The lowest BCUT2D eigenvalue weighted by molar-refractivity contribution is -0.142. The number of alkyl halides is 3. The molecule has 0 spiro atoms. The Kier molecular flexibility index (Phi) is 3.32. The summed E-state index contributed by atoms with van der Waals surface area (Å²) in [5, 5.41) is 9.05. The number of hydrogen-bond acceptors (Lipinski definition) is 1. The van der Waals surface area contributed by atoms with E-state index in [9.17, 15) is 18.0 Å². The molecule has 1 fully saturated rings. The first-order valence-corrected chi connectivity index (χ1v) is 5.79. The van der Waals surface area contributed by atoms with Crippen LogP contribution in [-0.4, -0.2) is 11.1 Å². The lowest BCUT2D eigenvalue weighted by atomic mass is 9.88. The highest BCUT2D eigenvalue weighted by atomic mass is 19.4. The zero-order chi connectivity index (χ0) is 13.3. The number of aliphatic carboxylic acids is 1. The van der Waals surface area contributed by atoms with Crippen molar-refractivity contribution in [2.45, 2.75) is 31.4 Å². The summed E-state index contributed by atoms with van der Waals surface area (Å²) in [7, 11) is 0. The molecule has 2 nitrogen and oxygen atoms in total. The quantitative estimate of drug-likeness (QED) is 0.878. The van der Waals surface area contributed by atoms with Crippen molar-refractivity contribution in [3.8, 4) is 0 Å². The van der Waals surface area contributed by atoms with Crippen LogP contribution >= 0.6 is 0 Å². The molecule has 0 saturated heterocycles. The van der Waals surface area contributed by atoms with Crippen LogP contribution in [0, 0.1) is 5.92 Å². The topological polar surface area (TPSA) is 37.3 Å². The fourth-order valence-electron chi connectivity index (χ4n) is 2.57. The van der Waals surface area contributed by atoms with Gasteiger partial charge in [-0.2, -0.15) is 13.2 Å². The van der Waals surface area contributed by atoms with E-state index in [0.717, 1.165) is 25.0 Å². The van der Waals surface area contributed by atoms with E-state index in [4.69, 9.17) is 5.11 Å². The molecule has 1 aromatic rings. The number of hydrogen-bond donors (Lipinski definition) is 1. The van der Waals surface area contributed by atoms with Crippen molar-refractivity contribution in [1.29, 1.82) is 0 Å². The molecule has 2 atom stereocenters. The first-order valence-electron chi connectivity index (χ1n) is 5.79. The zero-order valence-electron chi connectivity index (χ0n) is 9.57. The first kappa shape index (κ1) is 12.9. The summed E-state index contributed by atoms with van der Waals surface area (Å²) in [6.07, 6.45) is -2.22. The summed E-state index contributed by atoms with van der Waals surface area (Å²) in [6.45, 7) is 0. The third-order valence-corrected chi connectivity index (χ3v) is 3.50. The van der Waals surface area contributed by atoms with Gasteiger partial charge in [0.25, 0.3) is 0 Å². The second-order valence-electron chi connectivity index (χ2n) is 4.60. The molecule has 0 heterocycles. The summed E-state index contributed by atoms with van der Waals surface area (Å²) < 4.78 is 37.2. The molecule has 1 aromatic carbocycles. The zero-order valence-corrected chi connectivity index (χ0v) is 9.57. The fraction of sp³-hybridized carbons (Fsp3) is 0.462. The SMILES string of the molecule is O=C(O)C1CCCC1c1ccc(C(F)(F)F)cc1. The Morgan fingerprint density at radius 2 is 1.78 bits per heavy atom. The molecule has 2 unspecified atom stereocenters. The van der Waals surface area contributed by atoms with Gasteiger partial charge in [-0.05, 0) is 36.5 Å². The molecule has 98 valence electrons. The van der Waals surface area contributed by atoms with Crippen molar-refractivity contribution in [3.63, 3.8) is 0 Å². The summed E-state index contributed by atoms with van der Waals surface area (Å²) in [4.78, 5) is 11.0. The van der Waals surface area contributed by atoms with Gasteiger partial charge in [0.05, 0.1) is 11.5 Å². The van der Waals surface area contributed by atoms with Crippen molar-refractivity contribution in [1.82, 2.24) is 0 Å². The Bertz CT molecular complexity index is 437. The molecule has 1 aliphatic carbocycles. The maximum absolute atomic E-state index is 12.4. The number of rotatable bonds is 2. The van der Waals surface area contributed by atoms with E-state index < -0.39 is 23.6 Å². The molecular formula is C13H13F3O2. The Balaban J connectivity index is 2.22. The van der Waals surface area contributed by atoms with Gasteiger partial charge in [-0.25, -0.2) is 0 Å². The smallest absolute Gasteiger partial charge is 0.416 e. The van der Waals surface area contributed by atoms with Gasteiger partial charge in [0.2, 0.25) is 0 Å². The van der Waals surface area contributed by atoms with Crippen LogP contribution in [0.4, 0.5) is 13.2 Å². The molecule has 1 aliphatic rings. The normalized spacial score (nSPS) is 24.2. The third-order valence-electron chi connectivity index (χ3n) is 3.50. The van der Waals surface area contributed by atoms with E-state index in [1.54, 1.807) is 0 Å². The minimum atomic E-state index is -4.35. The molecule has 0 aromatic heterocycles. The molecule has 18 heavy (non-hydrogen) atoms. The summed E-state index contributed by atoms with van der Waals surface area (Å²) in [6, 6.07) is 4.84. The van der Waals surface area contributed by atoms with E-state index >= 15 is 0 Å². The van der Waals surface area contributed by atoms with Crippen LogP contribution in [0.25, 0.3) is 0 Å². The van der Waals surface area contributed by atoms with Gasteiger partial charge < -0.3 is 5.11 Å². The van der Waals surface area contributed by atoms with Crippen molar-refractivity contribution >= 4 is 5.97 Å². The first-order chi connectivity index (χ1) is 8.39. The second-order valence-corrected chi connectivity index (χ2v) is 4.60. The minimum Gasteiger partial charge on any atom is -0.481 e. The fourth-order valence-corrected chi connectivity index (χ4v) is 2.57. The standard InChI is InChI=1S/C13H13F3O2/c14-13(15,16)9-6-4-8(5-7-9)10-2-1-3-11(10)12(17)18/h4-7,10-11H,1-3H2,(H,17,18). The number of benzene rings is 1. The van der Waals surface area contributed by atoms with Gasteiger partial charge in [0.15, 0.2) is 0 Å². The van der Waals surface area contributed by atoms with Crippen LogP contribution < -0.4 is 0 Å².